The molecule has 0 bridgehead atoms. The van der Waals surface area contributed by atoms with Gasteiger partial charge in [-0.3, -0.25) is 4.79 Å². The van der Waals surface area contributed by atoms with Crippen molar-refractivity contribution in [1.29, 1.82) is 0 Å². The van der Waals surface area contributed by atoms with Crippen LogP contribution in [-0.4, -0.2) is 43.1 Å². The molecular weight excluding hydrogens is 240 g/mol. The fourth-order valence-electron chi connectivity index (χ4n) is 1.26. The van der Waals surface area contributed by atoms with Crippen molar-refractivity contribution in [3.8, 4) is 0 Å². The van der Waals surface area contributed by atoms with Gasteiger partial charge in [0.25, 0.3) is 0 Å². The summed E-state index contributed by atoms with van der Waals surface area (Å²) in [5, 5.41) is 2.63. The fraction of sp³-hybridized carbons (Fsp3) is 0.818. The van der Waals surface area contributed by atoms with Crippen LogP contribution in [0.5, 0.6) is 0 Å². The molecule has 6 heteroatoms. The molecule has 0 aromatic carbocycles. The van der Waals surface area contributed by atoms with Gasteiger partial charge in [-0.15, -0.1) is 0 Å². The molecule has 100 valence electrons. The third-order valence-electron chi connectivity index (χ3n) is 2.39. The molecule has 0 aromatic heterocycles. The number of amides is 1. The van der Waals surface area contributed by atoms with E-state index in [0.29, 0.717) is 6.42 Å². The van der Waals surface area contributed by atoms with E-state index in [9.17, 15) is 9.59 Å². The predicted molar refractivity (Wildman–Crippen MR) is 69.8 cm³/mol. The van der Waals surface area contributed by atoms with Crippen molar-refractivity contribution in [2.24, 2.45) is 11.7 Å². The molecule has 0 aliphatic rings. The number of hydrogen-bond acceptors (Lipinski definition) is 5. The lowest BCUT2D eigenvalue weighted by Gasteiger charge is -2.21. The van der Waals surface area contributed by atoms with Crippen LogP contribution in [-0.2, 0) is 14.3 Å². The topological polar surface area (TPSA) is 81.4 Å². The molecule has 0 aliphatic heterocycles. The maximum atomic E-state index is 11.7. The molecular formula is C11H22N2O3S. The Labute approximate surface area is 107 Å². The first-order valence-electron chi connectivity index (χ1n) is 5.56. The smallest absolute Gasteiger partial charge is 0.328 e. The van der Waals surface area contributed by atoms with Crippen molar-refractivity contribution in [2.75, 3.05) is 19.1 Å². The van der Waals surface area contributed by atoms with Gasteiger partial charge in [0.05, 0.1) is 13.2 Å². The maximum Gasteiger partial charge on any atom is 0.328 e. The highest BCUT2D eigenvalue weighted by Crippen LogP contribution is 2.05. The normalized spacial score (nSPS) is 14.2. The Bertz CT molecular complexity index is 259. The predicted octanol–water partition coefficient (Wildman–Crippen LogP) is 0.381. The zero-order chi connectivity index (χ0) is 13.4. The molecule has 0 unspecified atom stereocenters. The van der Waals surface area contributed by atoms with Crippen LogP contribution >= 0.6 is 11.8 Å². The summed E-state index contributed by atoms with van der Waals surface area (Å²) in [6.07, 6.45) is 2.55. The fourth-order valence-corrected chi connectivity index (χ4v) is 1.75. The van der Waals surface area contributed by atoms with Crippen LogP contribution in [0.15, 0.2) is 0 Å². The van der Waals surface area contributed by atoms with E-state index in [1.165, 1.54) is 7.11 Å². The Morgan fingerprint density at radius 1 is 1.41 bits per heavy atom. The largest absolute Gasteiger partial charge is 0.467 e. The molecule has 0 saturated heterocycles. The minimum atomic E-state index is -0.632. The second-order valence-electron chi connectivity index (χ2n) is 4.14. The third kappa shape index (κ3) is 5.93. The Balaban J connectivity index is 4.35. The highest BCUT2D eigenvalue weighted by molar-refractivity contribution is 7.98. The van der Waals surface area contributed by atoms with Crippen LogP contribution in [0.1, 0.15) is 20.3 Å². The number of rotatable bonds is 7. The molecule has 0 fully saturated rings. The summed E-state index contributed by atoms with van der Waals surface area (Å²) in [7, 11) is 1.30. The SMILES string of the molecule is COC(=O)[C@@H](NC(=O)[C@@H](N)CCSC)C(C)C. The van der Waals surface area contributed by atoms with Crippen molar-refractivity contribution in [3.63, 3.8) is 0 Å². The average molecular weight is 262 g/mol. The molecule has 1 amide bonds. The molecule has 0 heterocycles. The Hall–Kier alpha value is -0.750. The van der Waals surface area contributed by atoms with Gasteiger partial charge in [0.1, 0.15) is 6.04 Å². The summed E-state index contributed by atoms with van der Waals surface area (Å²) >= 11 is 1.63. The van der Waals surface area contributed by atoms with Crippen LogP contribution in [0, 0.1) is 5.92 Å². The number of nitrogens with two attached hydrogens (primary N) is 1. The summed E-state index contributed by atoms with van der Waals surface area (Å²) < 4.78 is 4.64. The van der Waals surface area contributed by atoms with Gasteiger partial charge in [-0.2, -0.15) is 11.8 Å². The van der Waals surface area contributed by atoms with Crippen molar-refractivity contribution >= 4 is 23.6 Å². The van der Waals surface area contributed by atoms with Gasteiger partial charge in [0.15, 0.2) is 0 Å². The number of carbonyl (C=O) groups is 2. The van der Waals surface area contributed by atoms with E-state index in [1.54, 1.807) is 11.8 Å². The first kappa shape index (κ1) is 16.2. The van der Waals surface area contributed by atoms with Gasteiger partial charge in [-0.25, -0.2) is 4.79 Å². The first-order valence-corrected chi connectivity index (χ1v) is 6.96. The van der Waals surface area contributed by atoms with Crippen LogP contribution in [0.4, 0.5) is 0 Å². The maximum absolute atomic E-state index is 11.7. The van der Waals surface area contributed by atoms with Gasteiger partial charge in [-0.1, -0.05) is 13.8 Å². The number of hydrogen-bond donors (Lipinski definition) is 2. The zero-order valence-corrected chi connectivity index (χ0v) is 11.7. The van der Waals surface area contributed by atoms with E-state index < -0.39 is 18.1 Å². The lowest BCUT2D eigenvalue weighted by molar-refractivity contribution is -0.146. The van der Waals surface area contributed by atoms with Crippen LogP contribution < -0.4 is 11.1 Å². The Morgan fingerprint density at radius 3 is 2.41 bits per heavy atom. The Morgan fingerprint density at radius 2 is 2.00 bits per heavy atom. The molecule has 5 nitrogen and oxygen atoms in total. The van der Waals surface area contributed by atoms with E-state index >= 15 is 0 Å². The number of ether oxygens (including phenoxy) is 1. The minimum absolute atomic E-state index is 0.0286. The van der Waals surface area contributed by atoms with Crippen LogP contribution in [0.3, 0.4) is 0 Å². The lowest BCUT2D eigenvalue weighted by Crippen LogP contribution is -2.51. The van der Waals surface area contributed by atoms with Gasteiger partial charge < -0.3 is 15.8 Å². The first-order chi connectivity index (χ1) is 7.93. The summed E-state index contributed by atoms with van der Waals surface area (Å²) in [5.74, 6) is 0.0480. The van der Waals surface area contributed by atoms with Gasteiger partial charge in [-0.05, 0) is 24.3 Å². The van der Waals surface area contributed by atoms with E-state index in [1.807, 2.05) is 20.1 Å². The summed E-state index contributed by atoms with van der Waals surface area (Å²) in [4.78, 5) is 23.2. The van der Waals surface area contributed by atoms with E-state index in [2.05, 4.69) is 10.1 Å². The third-order valence-corrected chi connectivity index (χ3v) is 3.03. The Kier molecular flexibility index (Phi) is 7.99. The average Bonchev–Trinajstić information content (AvgIpc) is 2.31. The molecule has 2 atom stereocenters. The van der Waals surface area contributed by atoms with Gasteiger partial charge in [0.2, 0.25) is 5.91 Å². The number of methoxy groups -OCH3 is 1. The highest BCUT2D eigenvalue weighted by Gasteiger charge is 2.26. The van der Waals surface area contributed by atoms with E-state index in [0.717, 1.165) is 5.75 Å². The molecule has 0 saturated carbocycles. The van der Waals surface area contributed by atoms with Crippen molar-refractivity contribution in [2.45, 2.75) is 32.4 Å². The number of nitrogens with one attached hydrogen (secondary N) is 1. The molecule has 0 rings (SSSR count). The monoisotopic (exact) mass is 262 g/mol. The zero-order valence-electron chi connectivity index (χ0n) is 10.9. The van der Waals surface area contributed by atoms with E-state index in [4.69, 9.17) is 5.73 Å². The standard InChI is InChI=1S/C11H22N2O3S/c1-7(2)9(11(15)16-3)13-10(14)8(12)5-6-17-4/h7-9H,5-6,12H2,1-4H3,(H,13,14)/t8-,9-/m0/s1. The van der Waals surface area contributed by atoms with Crippen molar-refractivity contribution < 1.29 is 14.3 Å². The second kappa shape index (κ2) is 8.36. The lowest BCUT2D eigenvalue weighted by atomic mass is 10.0. The summed E-state index contributed by atoms with van der Waals surface area (Å²) in [6.45, 7) is 3.69. The van der Waals surface area contributed by atoms with Gasteiger partial charge >= 0.3 is 5.97 Å². The van der Waals surface area contributed by atoms with Crippen molar-refractivity contribution in [3.05, 3.63) is 0 Å². The molecule has 17 heavy (non-hydrogen) atoms. The highest BCUT2D eigenvalue weighted by atomic mass is 32.2. The van der Waals surface area contributed by atoms with Crippen LogP contribution in [0.25, 0.3) is 0 Å². The second-order valence-corrected chi connectivity index (χ2v) is 5.13. The van der Waals surface area contributed by atoms with Crippen molar-refractivity contribution in [1.82, 2.24) is 5.32 Å². The number of thioether (sulfide) groups is 1. The summed E-state index contributed by atoms with van der Waals surface area (Å²) in [6, 6.07) is -1.21. The number of carbonyl (C=O) groups excluding carboxylic acids is 2. The van der Waals surface area contributed by atoms with Gasteiger partial charge in [0, 0.05) is 0 Å². The van der Waals surface area contributed by atoms with Crippen LogP contribution in [0.2, 0.25) is 0 Å². The molecule has 0 radical (unpaired) electrons. The number of esters is 1. The van der Waals surface area contributed by atoms with E-state index in [-0.39, 0.29) is 11.8 Å². The minimum Gasteiger partial charge on any atom is -0.467 e. The molecule has 0 aliphatic carbocycles. The molecule has 0 aromatic rings. The molecule has 0 spiro atoms. The summed E-state index contributed by atoms with van der Waals surface area (Å²) in [5.41, 5.74) is 5.72. The quantitative estimate of drug-likeness (QED) is 0.648. The molecule has 3 N–H and O–H groups in total.